The van der Waals surface area contributed by atoms with Crippen LogP contribution in [0.4, 0.5) is 0 Å². The van der Waals surface area contributed by atoms with Crippen molar-refractivity contribution in [3.8, 4) is 0 Å². The molecule has 0 saturated carbocycles. The topological polar surface area (TPSA) is 32.8 Å². The van der Waals surface area contributed by atoms with Crippen LogP contribution >= 0.6 is 15.9 Å². The molecule has 2 aliphatic rings. The standard InChI is InChI=1S/C14H25BrN2O2/c1-2-13-12(4-11-19-13)14(18)17-7-3-6-16(8-5-15)9-10-17/h12-13H,2-11H2,1H3. The maximum Gasteiger partial charge on any atom is 0.228 e. The number of halogens is 1. The van der Waals surface area contributed by atoms with E-state index >= 15 is 0 Å². The lowest BCUT2D eigenvalue weighted by Crippen LogP contribution is -2.41. The van der Waals surface area contributed by atoms with Gasteiger partial charge in [0.05, 0.1) is 12.0 Å². The Labute approximate surface area is 124 Å². The molecule has 2 aliphatic heterocycles. The van der Waals surface area contributed by atoms with E-state index in [1.54, 1.807) is 0 Å². The average molecular weight is 333 g/mol. The molecule has 0 N–H and O–H groups in total. The lowest BCUT2D eigenvalue weighted by atomic mass is 9.98. The predicted octanol–water partition coefficient (Wildman–Crippen LogP) is 1.73. The summed E-state index contributed by atoms with van der Waals surface area (Å²) in [6.07, 6.45) is 3.08. The Bertz CT molecular complexity index is 301. The molecule has 110 valence electrons. The Hall–Kier alpha value is -0.130. The largest absolute Gasteiger partial charge is 0.377 e. The molecule has 2 saturated heterocycles. The van der Waals surface area contributed by atoms with Crippen LogP contribution in [0.3, 0.4) is 0 Å². The number of carbonyl (C=O) groups excluding carboxylic acids is 1. The number of hydrogen-bond acceptors (Lipinski definition) is 3. The molecule has 0 aromatic carbocycles. The van der Waals surface area contributed by atoms with Crippen LogP contribution in [0.25, 0.3) is 0 Å². The third-order valence-corrected chi connectivity index (χ3v) is 4.58. The minimum atomic E-state index is 0.104. The van der Waals surface area contributed by atoms with E-state index in [2.05, 4.69) is 32.7 Å². The zero-order chi connectivity index (χ0) is 13.7. The Kier molecular flexibility index (Phi) is 6.10. The molecular weight excluding hydrogens is 308 g/mol. The van der Waals surface area contributed by atoms with Gasteiger partial charge in [0.25, 0.3) is 0 Å². The molecule has 2 unspecified atom stereocenters. The molecule has 0 bridgehead atoms. The number of hydrogen-bond donors (Lipinski definition) is 0. The average Bonchev–Trinajstić information content (AvgIpc) is 2.78. The Morgan fingerprint density at radius 2 is 2.16 bits per heavy atom. The highest BCUT2D eigenvalue weighted by atomic mass is 79.9. The molecule has 2 fully saturated rings. The van der Waals surface area contributed by atoms with Crippen LogP contribution in [0.15, 0.2) is 0 Å². The zero-order valence-electron chi connectivity index (χ0n) is 11.8. The monoisotopic (exact) mass is 332 g/mol. The molecule has 2 heterocycles. The highest BCUT2D eigenvalue weighted by Gasteiger charge is 2.35. The van der Waals surface area contributed by atoms with Crippen molar-refractivity contribution in [1.29, 1.82) is 0 Å². The van der Waals surface area contributed by atoms with Gasteiger partial charge in [-0.05, 0) is 25.8 Å². The number of amides is 1. The summed E-state index contributed by atoms with van der Waals surface area (Å²) in [4.78, 5) is 17.1. The van der Waals surface area contributed by atoms with Crippen molar-refractivity contribution in [2.24, 2.45) is 5.92 Å². The van der Waals surface area contributed by atoms with E-state index in [0.29, 0.717) is 5.91 Å². The highest BCUT2D eigenvalue weighted by Crippen LogP contribution is 2.25. The molecule has 0 spiro atoms. The van der Waals surface area contributed by atoms with Crippen molar-refractivity contribution in [2.75, 3.05) is 44.7 Å². The molecule has 0 aromatic heterocycles. The molecule has 0 aliphatic carbocycles. The molecule has 2 atom stereocenters. The third kappa shape index (κ3) is 3.92. The Morgan fingerprint density at radius 3 is 2.89 bits per heavy atom. The predicted molar refractivity (Wildman–Crippen MR) is 79.6 cm³/mol. The molecule has 19 heavy (non-hydrogen) atoms. The van der Waals surface area contributed by atoms with Crippen LogP contribution in [0.5, 0.6) is 0 Å². The second-order valence-electron chi connectivity index (χ2n) is 5.42. The zero-order valence-corrected chi connectivity index (χ0v) is 13.4. The van der Waals surface area contributed by atoms with Gasteiger partial charge in [0, 0.05) is 38.1 Å². The summed E-state index contributed by atoms with van der Waals surface area (Å²) >= 11 is 3.49. The minimum Gasteiger partial charge on any atom is -0.377 e. The van der Waals surface area contributed by atoms with E-state index in [1.165, 1.54) is 0 Å². The van der Waals surface area contributed by atoms with Crippen molar-refractivity contribution >= 4 is 21.8 Å². The first-order valence-corrected chi connectivity index (χ1v) is 8.57. The third-order valence-electron chi connectivity index (χ3n) is 4.23. The van der Waals surface area contributed by atoms with E-state index in [0.717, 1.165) is 63.9 Å². The Morgan fingerprint density at radius 1 is 1.32 bits per heavy atom. The second-order valence-corrected chi connectivity index (χ2v) is 6.22. The van der Waals surface area contributed by atoms with Crippen molar-refractivity contribution in [2.45, 2.75) is 32.3 Å². The molecule has 2 rings (SSSR count). The molecule has 0 radical (unpaired) electrons. The lowest BCUT2D eigenvalue weighted by molar-refractivity contribution is -0.137. The fraction of sp³-hybridized carbons (Fsp3) is 0.929. The number of alkyl halides is 1. The van der Waals surface area contributed by atoms with Crippen LogP contribution in [0, 0.1) is 5.92 Å². The number of nitrogens with zero attached hydrogens (tertiary/aromatic N) is 2. The highest BCUT2D eigenvalue weighted by molar-refractivity contribution is 9.09. The molecule has 0 aromatic rings. The molecule has 1 amide bonds. The fourth-order valence-corrected chi connectivity index (χ4v) is 3.60. The van der Waals surface area contributed by atoms with Crippen LogP contribution in [0.1, 0.15) is 26.2 Å². The van der Waals surface area contributed by atoms with Gasteiger partial charge in [0.1, 0.15) is 0 Å². The van der Waals surface area contributed by atoms with Crippen molar-refractivity contribution in [3.63, 3.8) is 0 Å². The SMILES string of the molecule is CCC1OCCC1C(=O)N1CCCN(CCBr)CC1. The Balaban J connectivity index is 1.88. The summed E-state index contributed by atoms with van der Waals surface area (Å²) in [7, 11) is 0. The lowest BCUT2D eigenvalue weighted by Gasteiger charge is -2.26. The van der Waals surface area contributed by atoms with Crippen molar-refractivity contribution in [1.82, 2.24) is 9.80 Å². The first-order valence-electron chi connectivity index (χ1n) is 7.45. The van der Waals surface area contributed by atoms with E-state index in [4.69, 9.17) is 4.74 Å². The van der Waals surface area contributed by atoms with Crippen LogP contribution < -0.4 is 0 Å². The van der Waals surface area contributed by atoms with Crippen LogP contribution in [0.2, 0.25) is 0 Å². The van der Waals surface area contributed by atoms with Gasteiger partial charge in [-0.1, -0.05) is 22.9 Å². The van der Waals surface area contributed by atoms with Gasteiger partial charge in [-0.25, -0.2) is 0 Å². The maximum absolute atomic E-state index is 12.6. The van der Waals surface area contributed by atoms with Gasteiger partial charge >= 0.3 is 0 Å². The normalized spacial score (nSPS) is 29.5. The van der Waals surface area contributed by atoms with E-state index in [1.807, 2.05) is 0 Å². The van der Waals surface area contributed by atoms with Gasteiger partial charge in [0.2, 0.25) is 5.91 Å². The van der Waals surface area contributed by atoms with Crippen LogP contribution in [-0.4, -0.2) is 66.5 Å². The van der Waals surface area contributed by atoms with Gasteiger partial charge in [0.15, 0.2) is 0 Å². The first kappa shape index (κ1) is 15.3. The fourth-order valence-electron chi connectivity index (χ4n) is 3.10. The van der Waals surface area contributed by atoms with E-state index in [9.17, 15) is 4.79 Å². The minimum absolute atomic E-state index is 0.104. The van der Waals surface area contributed by atoms with E-state index in [-0.39, 0.29) is 12.0 Å². The smallest absolute Gasteiger partial charge is 0.228 e. The molecular formula is C14H25BrN2O2. The summed E-state index contributed by atoms with van der Waals surface area (Å²) in [6.45, 7) is 7.82. The summed E-state index contributed by atoms with van der Waals surface area (Å²) in [5.41, 5.74) is 0. The summed E-state index contributed by atoms with van der Waals surface area (Å²) in [6, 6.07) is 0. The van der Waals surface area contributed by atoms with Crippen molar-refractivity contribution in [3.05, 3.63) is 0 Å². The quantitative estimate of drug-likeness (QED) is 0.735. The van der Waals surface area contributed by atoms with Gasteiger partial charge < -0.3 is 14.5 Å². The molecule has 5 heteroatoms. The summed E-state index contributed by atoms with van der Waals surface area (Å²) < 4.78 is 5.65. The van der Waals surface area contributed by atoms with Gasteiger partial charge in [-0.3, -0.25) is 4.79 Å². The number of carbonyl (C=O) groups is 1. The summed E-state index contributed by atoms with van der Waals surface area (Å²) in [5.74, 6) is 0.428. The first-order chi connectivity index (χ1) is 9.26. The summed E-state index contributed by atoms with van der Waals surface area (Å²) in [5, 5.41) is 1.01. The van der Waals surface area contributed by atoms with Gasteiger partial charge in [-0.2, -0.15) is 0 Å². The number of ether oxygens (including phenoxy) is 1. The number of rotatable bonds is 4. The van der Waals surface area contributed by atoms with Crippen LogP contribution in [-0.2, 0) is 9.53 Å². The molecule has 4 nitrogen and oxygen atoms in total. The maximum atomic E-state index is 12.6. The van der Waals surface area contributed by atoms with E-state index < -0.39 is 0 Å². The second kappa shape index (κ2) is 7.60. The van der Waals surface area contributed by atoms with Crippen molar-refractivity contribution < 1.29 is 9.53 Å². The van der Waals surface area contributed by atoms with Gasteiger partial charge in [-0.15, -0.1) is 0 Å².